The van der Waals surface area contributed by atoms with E-state index in [1.807, 2.05) is 0 Å². The van der Waals surface area contributed by atoms with Crippen LogP contribution in [0.3, 0.4) is 0 Å². The largest absolute Gasteiger partial charge is 0.291 e. The molecular formula is C17H29NO. The Hall–Kier alpha value is -0.600. The first-order chi connectivity index (χ1) is 8.83. The zero-order valence-corrected chi connectivity index (χ0v) is 13.2. The Balaban J connectivity index is 2.10. The Labute approximate surface area is 118 Å². The number of nitrogens with zero attached hydrogens (tertiary/aromatic N) is 1. The summed E-state index contributed by atoms with van der Waals surface area (Å²) in [7, 11) is 0. The van der Waals surface area contributed by atoms with Gasteiger partial charge in [-0.05, 0) is 72.3 Å². The third kappa shape index (κ3) is 3.29. The van der Waals surface area contributed by atoms with E-state index in [9.17, 15) is 0 Å². The fourth-order valence-electron chi connectivity index (χ4n) is 3.45. The van der Waals surface area contributed by atoms with Crippen molar-refractivity contribution < 1.29 is 4.84 Å². The lowest BCUT2D eigenvalue weighted by Crippen LogP contribution is -2.59. The van der Waals surface area contributed by atoms with Crippen molar-refractivity contribution in [2.75, 3.05) is 0 Å². The van der Waals surface area contributed by atoms with Crippen LogP contribution >= 0.6 is 0 Å². The molecule has 0 bridgehead atoms. The van der Waals surface area contributed by atoms with Gasteiger partial charge in [-0.25, -0.2) is 0 Å². The van der Waals surface area contributed by atoms with Gasteiger partial charge in [0.1, 0.15) is 0 Å². The third-order valence-electron chi connectivity index (χ3n) is 4.51. The predicted octanol–water partition coefficient (Wildman–Crippen LogP) is 4.63. The van der Waals surface area contributed by atoms with Gasteiger partial charge in [0.05, 0.1) is 6.10 Å². The summed E-state index contributed by atoms with van der Waals surface area (Å²) >= 11 is 0. The standard InChI is InChI=1S/C17H29NO/c1-14(15-10-7-6-8-11-15)19-18-16(2,3)12-9-13-17(18,4)5/h6-7,10,14H,8-9,11-13H2,1-5H3. The molecule has 2 rings (SSSR count). The Bertz CT molecular complexity index is 363. The van der Waals surface area contributed by atoms with Crippen molar-refractivity contribution in [1.82, 2.24) is 5.06 Å². The van der Waals surface area contributed by atoms with Crippen LogP contribution in [0.2, 0.25) is 0 Å². The van der Waals surface area contributed by atoms with Crippen molar-refractivity contribution in [2.45, 2.75) is 83.9 Å². The molecule has 2 nitrogen and oxygen atoms in total. The molecule has 1 atom stereocenters. The van der Waals surface area contributed by atoms with Crippen molar-refractivity contribution >= 4 is 0 Å². The maximum Gasteiger partial charge on any atom is 0.0978 e. The van der Waals surface area contributed by atoms with E-state index in [4.69, 9.17) is 4.84 Å². The molecule has 0 N–H and O–H groups in total. The molecule has 0 aromatic heterocycles. The third-order valence-corrected chi connectivity index (χ3v) is 4.51. The quantitative estimate of drug-likeness (QED) is 0.736. The maximum atomic E-state index is 6.39. The van der Waals surface area contributed by atoms with Crippen molar-refractivity contribution in [3.8, 4) is 0 Å². The fraction of sp³-hybridized carbons (Fsp3) is 0.765. The van der Waals surface area contributed by atoms with Gasteiger partial charge in [0.2, 0.25) is 0 Å². The van der Waals surface area contributed by atoms with Crippen molar-refractivity contribution in [3.63, 3.8) is 0 Å². The average molecular weight is 263 g/mol. The van der Waals surface area contributed by atoms with E-state index < -0.39 is 0 Å². The van der Waals surface area contributed by atoms with Crippen molar-refractivity contribution in [3.05, 3.63) is 23.8 Å². The molecule has 2 aliphatic rings. The fourth-order valence-corrected chi connectivity index (χ4v) is 3.45. The van der Waals surface area contributed by atoms with Gasteiger partial charge >= 0.3 is 0 Å². The van der Waals surface area contributed by atoms with Gasteiger partial charge in [0.25, 0.3) is 0 Å². The lowest BCUT2D eigenvalue weighted by atomic mass is 9.82. The van der Waals surface area contributed by atoms with Gasteiger partial charge in [-0.2, -0.15) is 5.06 Å². The van der Waals surface area contributed by atoms with Crippen LogP contribution in [0.1, 0.15) is 66.7 Å². The highest BCUT2D eigenvalue weighted by Gasteiger charge is 2.43. The second-order valence-corrected chi connectivity index (χ2v) is 7.23. The van der Waals surface area contributed by atoms with Crippen LogP contribution in [0.5, 0.6) is 0 Å². The SMILES string of the molecule is CC(ON1C(C)(C)CCCC1(C)C)C1=CC=CCC1. The number of piperidine rings is 1. The summed E-state index contributed by atoms with van der Waals surface area (Å²) in [6.45, 7) is 11.4. The van der Waals surface area contributed by atoms with Gasteiger partial charge in [0.15, 0.2) is 0 Å². The minimum Gasteiger partial charge on any atom is -0.291 e. The molecule has 108 valence electrons. The Morgan fingerprint density at radius 1 is 1.16 bits per heavy atom. The molecular weight excluding hydrogens is 234 g/mol. The highest BCUT2D eigenvalue weighted by molar-refractivity contribution is 5.20. The van der Waals surface area contributed by atoms with E-state index in [1.165, 1.54) is 24.8 Å². The van der Waals surface area contributed by atoms with Crippen LogP contribution in [0.25, 0.3) is 0 Å². The predicted molar refractivity (Wildman–Crippen MR) is 80.9 cm³/mol. The summed E-state index contributed by atoms with van der Waals surface area (Å²) < 4.78 is 0. The lowest BCUT2D eigenvalue weighted by Gasteiger charge is -2.52. The van der Waals surface area contributed by atoms with Crippen LogP contribution in [0, 0.1) is 0 Å². The zero-order valence-electron chi connectivity index (χ0n) is 13.2. The smallest absolute Gasteiger partial charge is 0.0978 e. The summed E-state index contributed by atoms with van der Waals surface area (Å²) in [6.07, 6.45) is 12.8. The van der Waals surface area contributed by atoms with Gasteiger partial charge in [0, 0.05) is 11.1 Å². The Morgan fingerprint density at radius 2 is 1.79 bits per heavy atom. The molecule has 2 heteroatoms. The summed E-state index contributed by atoms with van der Waals surface area (Å²) in [4.78, 5) is 6.39. The van der Waals surface area contributed by atoms with Crippen LogP contribution < -0.4 is 0 Å². The first-order valence-electron chi connectivity index (χ1n) is 7.66. The van der Waals surface area contributed by atoms with E-state index in [-0.39, 0.29) is 17.2 Å². The van der Waals surface area contributed by atoms with E-state index in [2.05, 4.69) is 57.9 Å². The Kier molecular flexibility index (Phi) is 4.22. The molecule has 1 heterocycles. The van der Waals surface area contributed by atoms with Gasteiger partial charge < -0.3 is 0 Å². The molecule has 19 heavy (non-hydrogen) atoms. The number of rotatable bonds is 3. The molecule has 1 fully saturated rings. The van der Waals surface area contributed by atoms with Crippen LogP contribution in [-0.2, 0) is 4.84 Å². The number of hydrogen-bond donors (Lipinski definition) is 0. The van der Waals surface area contributed by atoms with E-state index in [1.54, 1.807) is 0 Å². The average Bonchev–Trinajstić information content (AvgIpc) is 2.34. The second-order valence-electron chi connectivity index (χ2n) is 7.23. The molecule has 0 aromatic rings. The zero-order chi connectivity index (χ0) is 14.1. The summed E-state index contributed by atoms with van der Waals surface area (Å²) in [5.74, 6) is 0. The Morgan fingerprint density at radius 3 is 2.32 bits per heavy atom. The van der Waals surface area contributed by atoms with E-state index >= 15 is 0 Å². The first kappa shape index (κ1) is 14.8. The van der Waals surface area contributed by atoms with Crippen LogP contribution in [0.4, 0.5) is 0 Å². The molecule has 0 radical (unpaired) electrons. The molecule has 0 spiro atoms. The lowest BCUT2D eigenvalue weighted by molar-refractivity contribution is -0.295. The molecule has 1 aliphatic carbocycles. The molecule has 1 saturated heterocycles. The highest BCUT2D eigenvalue weighted by atomic mass is 16.7. The minimum atomic E-state index is 0.126. The number of hydroxylamine groups is 2. The molecule has 0 aromatic carbocycles. The van der Waals surface area contributed by atoms with E-state index in [0.717, 1.165) is 12.8 Å². The normalized spacial score (nSPS) is 27.9. The molecule has 1 aliphatic heterocycles. The minimum absolute atomic E-state index is 0.126. The monoisotopic (exact) mass is 263 g/mol. The van der Waals surface area contributed by atoms with Gasteiger partial charge in [-0.3, -0.25) is 4.84 Å². The summed E-state index contributed by atoms with van der Waals surface area (Å²) in [5.41, 5.74) is 1.67. The molecule has 0 amide bonds. The maximum absolute atomic E-state index is 6.39. The summed E-state index contributed by atoms with van der Waals surface area (Å²) in [6, 6.07) is 0. The summed E-state index contributed by atoms with van der Waals surface area (Å²) in [5, 5.41) is 2.27. The number of allylic oxidation sites excluding steroid dienone is 3. The van der Waals surface area contributed by atoms with Crippen molar-refractivity contribution in [1.29, 1.82) is 0 Å². The topological polar surface area (TPSA) is 12.5 Å². The van der Waals surface area contributed by atoms with Crippen molar-refractivity contribution in [2.24, 2.45) is 0 Å². The van der Waals surface area contributed by atoms with Crippen LogP contribution in [-0.4, -0.2) is 22.2 Å². The molecule has 0 saturated carbocycles. The van der Waals surface area contributed by atoms with Gasteiger partial charge in [-0.15, -0.1) is 0 Å². The highest BCUT2D eigenvalue weighted by Crippen LogP contribution is 2.39. The van der Waals surface area contributed by atoms with Crippen LogP contribution in [0.15, 0.2) is 23.8 Å². The molecule has 1 unspecified atom stereocenters. The van der Waals surface area contributed by atoms with E-state index in [0.29, 0.717) is 0 Å². The number of hydrogen-bond acceptors (Lipinski definition) is 2. The first-order valence-corrected chi connectivity index (χ1v) is 7.66. The van der Waals surface area contributed by atoms with Gasteiger partial charge in [-0.1, -0.05) is 18.2 Å². The second kappa shape index (κ2) is 5.41.